The minimum absolute atomic E-state index is 0.117. The maximum atomic E-state index is 14.1. The van der Waals surface area contributed by atoms with Gasteiger partial charge in [0.2, 0.25) is 0 Å². The van der Waals surface area contributed by atoms with E-state index in [-0.39, 0.29) is 18.4 Å². The van der Waals surface area contributed by atoms with Crippen molar-refractivity contribution in [1.82, 2.24) is 14.5 Å². The number of nitrogens with zero attached hydrogens (tertiary/aromatic N) is 4. The minimum Gasteiger partial charge on any atom is -0.480 e. The van der Waals surface area contributed by atoms with Crippen molar-refractivity contribution >= 4 is 33.6 Å². The van der Waals surface area contributed by atoms with Crippen molar-refractivity contribution in [3.8, 4) is 0 Å². The lowest BCUT2D eigenvalue weighted by Crippen LogP contribution is -2.37. The molecule has 0 aliphatic heterocycles. The fourth-order valence-corrected chi connectivity index (χ4v) is 4.87. The molecule has 2 aromatic heterocycles. The molecule has 0 saturated carbocycles. The molecule has 0 radical (unpaired) electrons. The van der Waals surface area contributed by atoms with E-state index < -0.39 is 5.97 Å². The number of carboxylic acid groups (broad SMARTS) is 1. The number of rotatable bonds is 4. The minimum atomic E-state index is -0.897. The van der Waals surface area contributed by atoms with Crippen LogP contribution < -0.4 is 4.90 Å². The number of anilines is 1. The Bertz CT molecular complexity index is 1330. The van der Waals surface area contributed by atoms with Gasteiger partial charge in [-0.05, 0) is 62.1 Å². The number of carboxylic acids is 1. The summed E-state index contributed by atoms with van der Waals surface area (Å²) < 4.78 is 15.9. The van der Waals surface area contributed by atoms with E-state index in [1.165, 1.54) is 12.1 Å². The molecule has 6 nitrogen and oxygen atoms in total. The zero-order valence-corrected chi connectivity index (χ0v) is 17.5. The molecule has 31 heavy (non-hydrogen) atoms. The van der Waals surface area contributed by atoms with E-state index >= 15 is 0 Å². The fourth-order valence-electron chi connectivity index (χ4n) is 4.87. The Morgan fingerprint density at radius 2 is 2.03 bits per heavy atom. The van der Waals surface area contributed by atoms with Gasteiger partial charge in [-0.25, -0.2) is 14.4 Å². The van der Waals surface area contributed by atoms with Gasteiger partial charge in [-0.2, -0.15) is 0 Å². The van der Waals surface area contributed by atoms with Gasteiger partial charge >= 0.3 is 5.97 Å². The molecule has 7 heteroatoms. The molecule has 5 rings (SSSR count). The summed E-state index contributed by atoms with van der Waals surface area (Å²) in [6.45, 7) is 1.78. The monoisotopic (exact) mass is 418 g/mol. The van der Waals surface area contributed by atoms with Crippen molar-refractivity contribution in [3.63, 3.8) is 0 Å². The standard InChI is InChI=1S/C24H23FN4O2/c1-14-26-20-6-4-3-5-17(20)24(27-14)28(2)16-8-10-22-19(12-16)18-11-15(25)7-9-21(18)29(22)13-23(30)31/h3-7,9,11,16H,8,10,12-13H2,1-2H3,(H,30,31)/t16-/m0/s1. The molecule has 4 aromatic rings. The summed E-state index contributed by atoms with van der Waals surface area (Å²) in [5.74, 6) is 0.399. The number of para-hydroxylation sites is 1. The van der Waals surface area contributed by atoms with E-state index in [4.69, 9.17) is 4.98 Å². The highest BCUT2D eigenvalue weighted by atomic mass is 19.1. The van der Waals surface area contributed by atoms with Crippen molar-refractivity contribution in [3.05, 3.63) is 65.4 Å². The van der Waals surface area contributed by atoms with Gasteiger partial charge in [-0.15, -0.1) is 0 Å². The molecular weight excluding hydrogens is 395 g/mol. The molecule has 0 fully saturated rings. The van der Waals surface area contributed by atoms with Crippen LogP contribution in [0.1, 0.15) is 23.5 Å². The summed E-state index contributed by atoms with van der Waals surface area (Å²) in [6, 6.07) is 12.7. The topological polar surface area (TPSA) is 71.2 Å². The number of aryl methyl sites for hydroxylation is 1. The summed E-state index contributed by atoms with van der Waals surface area (Å²) in [4.78, 5) is 22.9. The highest BCUT2D eigenvalue weighted by molar-refractivity contribution is 5.90. The first-order chi connectivity index (χ1) is 14.9. The summed E-state index contributed by atoms with van der Waals surface area (Å²) in [6.07, 6.45) is 2.30. The van der Waals surface area contributed by atoms with E-state index in [0.717, 1.165) is 57.5 Å². The summed E-state index contributed by atoms with van der Waals surface area (Å²) >= 11 is 0. The largest absolute Gasteiger partial charge is 0.480 e. The Morgan fingerprint density at radius 3 is 2.84 bits per heavy atom. The molecular formula is C24H23FN4O2. The number of likely N-dealkylation sites (N-methyl/N-ethyl adjacent to an activating group) is 1. The maximum absolute atomic E-state index is 14.1. The van der Waals surface area contributed by atoms with E-state index in [2.05, 4.69) is 9.88 Å². The summed E-state index contributed by atoms with van der Waals surface area (Å²) in [5.41, 5.74) is 3.72. The van der Waals surface area contributed by atoms with Crippen LogP contribution in [0, 0.1) is 12.7 Å². The number of aliphatic carboxylic acids is 1. The first kappa shape index (κ1) is 19.5. The first-order valence-electron chi connectivity index (χ1n) is 10.4. The first-order valence-corrected chi connectivity index (χ1v) is 10.4. The van der Waals surface area contributed by atoms with Crippen LogP contribution in [0.4, 0.5) is 10.2 Å². The van der Waals surface area contributed by atoms with Gasteiger partial charge in [-0.3, -0.25) is 4.79 Å². The molecule has 158 valence electrons. The Hall–Kier alpha value is -3.48. The Balaban J connectivity index is 1.58. The maximum Gasteiger partial charge on any atom is 0.323 e. The molecule has 0 saturated heterocycles. The average molecular weight is 418 g/mol. The van der Waals surface area contributed by atoms with Gasteiger partial charge in [0.25, 0.3) is 0 Å². The molecule has 0 bridgehead atoms. The molecule has 1 aliphatic carbocycles. The van der Waals surface area contributed by atoms with E-state index in [9.17, 15) is 14.3 Å². The predicted octanol–water partition coefficient (Wildman–Crippen LogP) is 4.11. The van der Waals surface area contributed by atoms with Crippen molar-refractivity contribution in [1.29, 1.82) is 0 Å². The van der Waals surface area contributed by atoms with Gasteiger partial charge in [0.1, 0.15) is 24.0 Å². The third-order valence-electron chi connectivity index (χ3n) is 6.27. The molecule has 1 aliphatic rings. The van der Waals surface area contributed by atoms with Crippen LogP contribution in [-0.2, 0) is 24.2 Å². The molecule has 2 aromatic carbocycles. The fraction of sp³-hybridized carbons (Fsp3) is 0.292. The van der Waals surface area contributed by atoms with Gasteiger partial charge in [-0.1, -0.05) is 12.1 Å². The second-order valence-electron chi connectivity index (χ2n) is 8.19. The zero-order chi connectivity index (χ0) is 21.7. The molecule has 2 heterocycles. The quantitative estimate of drug-likeness (QED) is 0.540. The molecule has 1 N–H and O–H groups in total. The smallest absolute Gasteiger partial charge is 0.323 e. The molecule has 0 amide bonds. The number of benzene rings is 2. The third-order valence-corrected chi connectivity index (χ3v) is 6.27. The van der Waals surface area contributed by atoms with Crippen LogP contribution in [0.2, 0.25) is 0 Å². The SMILES string of the molecule is Cc1nc(N(C)[C@H]2CCc3c(c4cc(F)ccc4n3CC(=O)O)C2)c2ccccc2n1. The van der Waals surface area contributed by atoms with Crippen LogP contribution in [0.5, 0.6) is 0 Å². The van der Waals surface area contributed by atoms with Gasteiger partial charge in [0, 0.05) is 35.1 Å². The van der Waals surface area contributed by atoms with E-state index in [1.807, 2.05) is 42.8 Å². The Labute approximate surface area is 179 Å². The summed E-state index contributed by atoms with van der Waals surface area (Å²) in [7, 11) is 2.04. The van der Waals surface area contributed by atoms with Crippen LogP contribution in [0.15, 0.2) is 42.5 Å². The third kappa shape index (κ3) is 3.30. The van der Waals surface area contributed by atoms with E-state index in [0.29, 0.717) is 6.42 Å². The number of hydrogen-bond donors (Lipinski definition) is 1. The van der Waals surface area contributed by atoms with Crippen LogP contribution in [-0.4, -0.2) is 38.7 Å². The number of fused-ring (bicyclic) bond motifs is 4. The number of halogens is 1. The second-order valence-corrected chi connectivity index (χ2v) is 8.19. The van der Waals surface area contributed by atoms with Crippen LogP contribution >= 0.6 is 0 Å². The number of aromatic nitrogens is 3. The highest BCUT2D eigenvalue weighted by Crippen LogP contribution is 2.36. The lowest BCUT2D eigenvalue weighted by atomic mass is 9.90. The summed E-state index contributed by atoms with van der Waals surface area (Å²) in [5, 5.41) is 11.2. The number of hydrogen-bond acceptors (Lipinski definition) is 4. The highest BCUT2D eigenvalue weighted by Gasteiger charge is 2.29. The van der Waals surface area contributed by atoms with Gasteiger partial charge in [0.15, 0.2) is 0 Å². The lowest BCUT2D eigenvalue weighted by molar-refractivity contribution is -0.137. The van der Waals surface area contributed by atoms with Crippen LogP contribution in [0.25, 0.3) is 21.8 Å². The van der Waals surface area contributed by atoms with Crippen molar-refractivity contribution in [2.45, 2.75) is 38.8 Å². The molecule has 0 spiro atoms. The lowest BCUT2D eigenvalue weighted by Gasteiger charge is -2.33. The second kappa shape index (κ2) is 7.34. The predicted molar refractivity (Wildman–Crippen MR) is 118 cm³/mol. The van der Waals surface area contributed by atoms with E-state index in [1.54, 1.807) is 6.07 Å². The normalized spacial score (nSPS) is 15.9. The zero-order valence-electron chi connectivity index (χ0n) is 17.5. The van der Waals surface area contributed by atoms with Crippen LogP contribution in [0.3, 0.4) is 0 Å². The van der Waals surface area contributed by atoms with Gasteiger partial charge < -0.3 is 14.6 Å². The Kier molecular flexibility index (Phi) is 4.61. The van der Waals surface area contributed by atoms with Gasteiger partial charge in [0.05, 0.1) is 5.52 Å². The van der Waals surface area contributed by atoms with Crippen molar-refractivity contribution in [2.75, 3.05) is 11.9 Å². The van der Waals surface area contributed by atoms with Crippen molar-refractivity contribution in [2.24, 2.45) is 0 Å². The average Bonchev–Trinajstić information content (AvgIpc) is 3.04. The number of carbonyl (C=O) groups is 1. The van der Waals surface area contributed by atoms with Crippen molar-refractivity contribution < 1.29 is 14.3 Å². The molecule has 0 unspecified atom stereocenters. The Morgan fingerprint density at radius 1 is 1.23 bits per heavy atom. The molecule has 1 atom stereocenters.